The van der Waals surface area contributed by atoms with E-state index in [1.165, 1.54) is 0 Å². The molecule has 7 nitrogen and oxygen atoms in total. The number of alkyl carbamates (subject to hydrolysis) is 1. The van der Waals surface area contributed by atoms with Gasteiger partial charge in [-0.1, -0.05) is 25.1 Å². The molecular weight excluding hydrogens is 286 g/mol. The monoisotopic (exact) mass is 309 g/mol. The molecule has 0 spiro atoms. The number of para-hydroxylation sites is 1. The third-order valence-electron chi connectivity index (χ3n) is 2.77. The summed E-state index contributed by atoms with van der Waals surface area (Å²) in [4.78, 5) is 22.5. The number of ether oxygens (including phenoxy) is 2. The molecule has 0 aromatic heterocycles. The molecule has 1 aromatic rings. The fourth-order valence-corrected chi connectivity index (χ4v) is 1.70. The molecule has 3 amide bonds. The van der Waals surface area contributed by atoms with E-state index in [2.05, 4.69) is 20.7 Å². The quantitative estimate of drug-likeness (QED) is 0.503. The second-order valence-electron chi connectivity index (χ2n) is 4.33. The Balaban J connectivity index is 2.14. The average Bonchev–Trinajstić information content (AvgIpc) is 2.52. The van der Waals surface area contributed by atoms with Crippen molar-refractivity contribution in [3.63, 3.8) is 0 Å². The summed E-state index contributed by atoms with van der Waals surface area (Å²) in [5.74, 6) is 0.759. The Morgan fingerprint density at radius 1 is 1.05 bits per heavy atom. The Labute approximate surface area is 130 Å². The first-order chi connectivity index (χ1) is 10.7. The van der Waals surface area contributed by atoms with Gasteiger partial charge in [-0.15, -0.1) is 0 Å². The predicted octanol–water partition coefficient (Wildman–Crippen LogP) is 1.63. The minimum Gasteiger partial charge on any atom is -0.473 e. The van der Waals surface area contributed by atoms with E-state index in [0.717, 1.165) is 17.7 Å². The molecule has 0 bridgehead atoms. The van der Waals surface area contributed by atoms with Crippen LogP contribution in [0.4, 0.5) is 9.59 Å². The van der Waals surface area contributed by atoms with Crippen LogP contribution in [0.5, 0.6) is 5.75 Å². The third-order valence-corrected chi connectivity index (χ3v) is 2.77. The maximum atomic E-state index is 11.5. The van der Waals surface area contributed by atoms with Gasteiger partial charge in [0.15, 0.2) is 6.73 Å². The molecule has 0 fully saturated rings. The van der Waals surface area contributed by atoms with Crippen molar-refractivity contribution in [1.29, 1.82) is 0 Å². The number of urea groups is 1. The zero-order valence-corrected chi connectivity index (χ0v) is 13.0. The van der Waals surface area contributed by atoms with Crippen LogP contribution < -0.4 is 20.7 Å². The highest BCUT2D eigenvalue weighted by molar-refractivity contribution is 5.73. The highest BCUT2D eigenvalue weighted by atomic mass is 16.5. The fraction of sp³-hybridized carbons (Fsp3) is 0.467. The van der Waals surface area contributed by atoms with Crippen molar-refractivity contribution in [3.05, 3.63) is 29.8 Å². The predicted molar refractivity (Wildman–Crippen MR) is 82.9 cm³/mol. The Kier molecular flexibility index (Phi) is 8.25. The second-order valence-corrected chi connectivity index (χ2v) is 4.33. The van der Waals surface area contributed by atoms with E-state index < -0.39 is 6.09 Å². The van der Waals surface area contributed by atoms with Crippen LogP contribution >= 0.6 is 0 Å². The largest absolute Gasteiger partial charge is 0.473 e. The number of aryl methyl sites for hydroxylation is 1. The van der Waals surface area contributed by atoms with Crippen LogP contribution in [-0.2, 0) is 11.2 Å². The number of rotatable bonds is 8. The van der Waals surface area contributed by atoms with E-state index in [1.54, 1.807) is 6.92 Å². The average molecular weight is 309 g/mol. The lowest BCUT2D eigenvalue weighted by Crippen LogP contribution is -2.41. The van der Waals surface area contributed by atoms with E-state index in [0.29, 0.717) is 19.7 Å². The van der Waals surface area contributed by atoms with Crippen LogP contribution in [0.3, 0.4) is 0 Å². The number of carbonyl (C=O) groups is 2. The standard InChI is InChI=1S/C15H23N3O4/c1-3-12-7-5-6-8-13(12)22-11-18-14(19)16-9-10-17-15(20)21-4-2/h5-8H,3-4,9-11H2,1-2H3,(H,17,20)(H2,16,18,19). The first kappa shape index (κ1) is 17.6. The van der Waals surface area contributed by atoms with Crippen LogP contribution in [0.1, 0.15) is 19.4 Å². The first-order valence-corrected chi connectivity index (χ1v) is 7.30. The lowest BCUT2D eigenvalue weighted by atomic mass is 10.1. The second kappa shape index (κ2) is 10.3. The topological polar surface area (TPSA) is 88.7 Å². The molecule has 0 unspecified atom stereocenters. The van der Waals surface area contributed by atoms with E-state index in [9.17, 15) is 9.59 Å². The third kappa shape index (κ3) is 6.83. The Morgan fingerprint density at radius 2 is 1.77 bits per heavy atom. The van der Waals surface area contributed by atoms with Gasteiger partial charge in [-0.2, -0.15) is 0 Å². The summed E-state index contributed by atoms with van der Waals surface area (Å²) >= 11 is 0. The molecule has 0 saturated carbocycles. The van der Waals surface area contributed by atoms with Crippen molar-refractivity contribution >= 4 is 12.1 Å². The Bertz CT molecular complexity index is 480. The van der Waals surface area contributed by atoms with Crippen LogP contribution in [0.25, 0.3) is 0 Å². The van der Waals surface area contributed by atoms with Gasteiger partial charge in [0.05, 0.1) is 6.61 Å². The number of amides is 3. The molecule has 0 aliphatic heterocycles. The molecule has 1 rings (SSSR count). The molecule has 0 saturated heterocycles. The van der Waals surface area contributed by atoms with Gasteiger partial charge in [0.2, 0.25) is 0 Å². The molecule has 1 aromatic carbocycles. The lowest BCUT2D eigenvalue weighted by Gasteiger charge is -2.12. The zero-order chi connectivity index (χ0) is 16.2. The first-order valence-electron chi connectivity index (χ1n) is 7.30. The van der Waals surface area contributed by atoms with Gasteiger partial charge >= 0.3 is 12.1 Å². The molecule has 22 heavy (non-hydrogen) atoms. The summed E-state index contributed by atoms with van der Waals surface area (Å²) in [5.41, 5.74) is 1.09. The van der Waals surface area contributed by atoms with E-state index in [4.69, 9.17) is 4.74 Å². The van der Waals surface area contributed by atoms with Crippen molar-refractivity contribution in [2.24, 2.45) is 0 Å². The molecule has 122 valence electrons. The summed E-state index contributed by atoms with van der Waals surface area (Å²) in [6.45, 7) is 4.76. The Hall–Kier alpha value is -2.44. The number of nitrogens with one attached hydrogen (secondary N) is 3. The smallest absolute Gasteiger partial charge is 0.407 e. The number of hydrogen-bond acceptors (Lipinski definition) is 4. The highest BCUT2D eigenvalue weighted by Gasteiger charge is 2.03. The van der Waals surface area contributed by atoms with Crippen molar-refractivity contribution in [2.45, 2.75) is 20.3 Å². The molecular formula is C15H23N3O4. The molecule has 0 aliphatic rings. The van der Waals surface area contributed by atoms with Gasteiger partial charge in [-0.3, -0.25) is 0 Å². The van der Waals surface area contributed by atoms with Crippen molar-refractivity contribution in [1.82, 2.24) is 16.0 Å². The summed E-state index contributed by atoms with van der Waals surface area (Å²) in [7, 11) is 0. The van der Waals surface area contributed by atoms with Crippen LogP contribution in [0.15, 0.2) is 24.3 Å². The normalized spacial score (nSPS) is 9.73. The van der Waals surface area contributed by atoms with Gasteiger partial charge in [-0.05, 0) is 25.0 Å². The highest BCUT2D eigenvalue weighted by Crippen LogP contribution is 2.17. The number of benzene rings is 1. The zero-order valence-electron chi connectivity index (χ0n) is 13.0. The number of carbonyl (C=O) groups excluding carboxylic acids is 2. The minimum atomic E-state index is -0.496. The maximum absolute atomic E-state index is 11.5. The van der Waals surface area contributed by atoms with Crippen LogP contribution in [0, 0.1) is 0 Å². The van der Waals surface area contributed by atoms with Crippen LogP contribution in [-0.4, -0.2) is 38.6 Å². The summed E-state index contributed by atoms with van der Waals surface area (Å²) in [5, 5.41) is 7.68. The Morgan fingerprint density at radius 3 is 2.50 bits per heavy atom. The SMILES string of the molecule is CCOC(=O)NCCNC(=O)NCOc1ccccc1CC. The molecule has 0 aliphatic carbocycles. The van der Waals surface area contributed by atoms with Gasteiger partial charge in [0.25, 0.3) is 0 Å². The summed E-state index contributed by atoms with van der Waals surface area (Å²) < 4.78 is 10.2. The minimum absolute atomic E-state index is 0.0775. The van der Waals surface area contributed by atoms with E-state index >= 15 is 0 Å². The van der Waals surface area contributed by atoms with Crippen molar-refractivity contribution < 1.29 is 19.1 Å². The molecule has 3 N–H and O–H groups in total. The molecule has 0 radical (unpaired) electrons. The lowest BCUT2D eigenvalue weighted by molar-refractivity contribution is 0.152. The fourth-order valence-electron chi connectivity index (χ4n) is 1.70. The maximum Gasteiger partial charge on any atom is 0.407 e. The van der Waals surface area contributed by atoms with Crippen molar-refractivity contribution in [3.8, 4) is 5.75 Å². The van der Waals surface area contributed by atoms with Crippen LogP contribution in [0.2, 0.25) is 0 Å². The van der Waals surface area contributed by atoms with Gasteiger partial charge < -0.3 is 25.4 Å². The number of hydrogen-bond donors (Lipinski definition) is 3. The van der Waals surface area contributed by atoms with E-state index in [-0.39, 0.29) is 12.8 Å². The molecule has 7 heteroatoms. The van der Waals surface area contributed by atoms with E-state index in [1.807, 2.05) is 31.2 Å². The summed E-state index contributed by atoms with van der Waals surface area (Å²) in [6.07, 6.45) is 0.367. The summed E-state index contributed by atoms with van der Waals surface area (Å²) in [6, 6.07) is 7.32. The molecule has 0 atom stereocenters. The van der Waals surface area contributed by atoms with Gasteiger partial charge in [0.1, 0.15) is 5.75 Å². The molecule has 0 heterocycles. The van der Waals surface area contributed by atoms with Crippen molar-refractivity contribution in [2.75, 3.05) is 26.4 Å². The van der Waals surface area contributed by atoms with Gasteiger partial charge in [0, 0.05) is 13.1 Å². The van der Waals surface area contributed by atoms with Gasteiger partial charge in [-0.25, -0.2) is 9.59 Å².